The third-order valence-electron chi connectivity index (χ3n) is 4.82. The number of amides is 2. The largest absolute Gasteiger partial charge is 0.352 e. The van der Waals surface area contributed by atoms with Crippen LogP contribution in [0.2, 0.25) is 0 Å². The van der Waals surface area contributed by atoms with Gasteiger partial charge in [-0.05, 0) is 38.3 Å². The van der Waals surface area contributed by atoms with Gasteiger partial charge in [0.2, 0.25) is 11.8 Å². The number of nitrogens with one attached hydrogen (secondary N) is 1. The van der Waals surface area contributed by atoms with E-state index in [9.17, 15) is 9.59 Å². The molecule has 0 spiro atoms. The summed E-state index contributed by atoms with van der Waals surface area (Å²) in [7, 11) is 0. The van der Waals surface area contributed by atoms with Crippen molar-refractivity contribution in [2.45, 2.75) is 64.9 Å². The molecule has 1 atom stereocenters. The number of aryl methyl sites for hydroxylation is 1. The molecule has 162 valence electrons. The van der Waals surface area contributed by atoms with E-state index in [2.05, 4.69) is 23.5 Å². The standard InChI is InChI=1S/C25H34N2O2S/c1-5-23(25(29)26-19(2)3)27(17-22-13-9-10-20(4)16-22)24(28)14-15-30-18-21-11-7-6-8-12-21/h6-13,16,19,23H,5,14-15,17-18H2,1-4H3,(H,26,29). The monoisotopic (exact) mass is 426 g/mol. The van der Waals surface area contributed by atoms with Crippen LogP contribution < -0.4 is 5.32 Å². The van der Waals surface area contributed by atoms with E-state index < -0.39 is 6.04 Å². The molecule has 0 bridgehead atoms. The molecule has 2 aromatic carbocycles. The van der Waals surface area contributed by atoms with E-state index in [0.717, 1.165) is 22.6 Å². The summed E-state index contributed by atoms with van der Waals surface area (Å²) in [5.41, 5.74) is 3.46. The van der Waals surface area contributed by atoms with E-state index in [1.165, 1.54) is 5.56 Å². The molecule has 2 aromatic rings. The Kier molecular flexibility index (Phi) is 9.95. The zero-order valence-electron chi connectivity index (χ0n) is 18.6. The van der Waals surface area contributed by atoms with Gasteiger partial charge in [-0.25, -0.2) is 0 Å². The fourth-order valence-electron chi connectivity index (χ4n) is 3.37. The highest BCUT2D eigenvalue weighted by molar-refractivity contribution is 7.98. The second-order valence-corrected chi connectivity index (χ2v) is 8.99. The van der Waals surface area contributed by atoms with Gasteiger partial charge in [-0.2, -0.15) is 11.8 Å². The van der Waals surface area contributed by atoms with Crippen LogP contribution >= 0.6 is 11.8 Å². The Balaban J connectivity index is 2.06. The van der Waals surface area contributed by atoms with Crippen molar-refractivity contribution in [1.29, 1.82) is 0 Å². The number of carbonyl (C=O) groups is 2. The Labute approximate surface area is 185 Å². The molecule has 0 saturated heterocycles. The topological polar surface area (TPSA) is 49.4 Å². The molecule has 30 heavy (non-hydrogen) atoms. The van der Waals surface area contributed by atoms with Crippen molar-refractivity contribution in [3.8, 4) is 0 Å². The van der Waals surface area contributed by atoms with Gasteiger partial charge in [0.15, 0.2) is 0 Å². The number of thioether (sulfide) groups is 1. The fraction of sp³-hybridized carbons (Fsp3) is 0.440. The molecule has 0 radical (unpaired) electrons. The number of hydrogen-bond donors (Lipinski definition) is 1. The lowest BCUT2D eigenvalue weighted by molar-refractivity contribution is -0.141. The molecule has 1 unspecified atom stereocenters. The molecule has 4 nitrogen and oxygen atoms in total. The molecule has 0 aromatic heterocycles. The van der Waals surface area contributed by atoms with Crippen LogP contribution in [0.15, 0.2) is 54.6 Å². The average molecular weight is 427 g/mol. The number of rotatable bonds is 11. The Morgan fingerprint density at radius 1 is 1.03 bits per heavy atom. The maximum atomic E-state index is 13.2. The van der Waals surface area contributed by atoms with Crippen molar-refractivity contribution in [2.24, 2.45) is 0 Å². The van der Waals surface area contributed by atoms with E-state index in [0.29, 0.717) is 19.4 Å². The number of nitrogens with zero attached hydrogens (tertiary/aromatic N) is 1. The second-order valence-electron chi connectivity index (χ2n) is 7.89. The highest BCUT2D eigenvalue weighted by atomic mass is 32.2. The Bertz CT molecular complexity index is 808. The number of carbonyl (C=O) groups excluding carboxylic acids is 2. The molecule has 2 amide bonds. The molecular formula is C25H34N2O2S. The Morgan fingerprint density at radius 2 is 1.73 bits per heavy atom. The lowest BCUT2D eigenvalue weighted by Gasteiger charge is -2.31. The van der Waals surface area contributed by atoms with Crippen LogP contribution in [-0.2, 0) is 21.9 Å². The van der Waals surface area contributed by atoms with Crippen molar-refractivity contribution in [1.82, 2.24) is 10.2 Å². The predicted molar refractivity (Wildman–Crippen MR) is 126 cm³/mol. The minimum atomic E-state index is -0.459. The molecule has 2 rings (SSSR count). The fourth-order valence-corrected chi connectivity index (χ4v) is 4.27. The second kappa shape index (κ2) is 12.4. The van der Waals surface area contributed by atoms with Gasteiger partial charge >= 0.3 is 0 Å². The van der Waals surface area contributed by atoms with Gasteiger partial charge in [0.1, 0.15) is 6.04 Å². The zero-order chi connectivity index (χ0) is 21.9. The van der Waals surface area contributed by atoms with Crippen molar-refractivity contribution in [2.75, 3.05) is 5.75 Å². The maximum absolute atomic E-state index is 13.2. The Morgan fingerprint density at radius 3 is 2.37 bits per heavy atom. The van der Waals surface area contributed by atoms with Crippen molar-refractivity contribution in [3.63, 3.8) is 0 Å². The summed E-state index contributed by atoms with van der Waals surface area (Å²) in [4.78, 5) is 27.7. The van der Waals surface area contributed by atoms with Gasteiger partial charge in [0, 0.05) is 30.5 Å². The van der Waals surface area contributed by atoms with Gasteiger partial charge in [0.05, 0.1) is 0 Å². The van der Waals surface area contributed by atoms with E-state index in [1.807, 2.05) is 64.1 Å². The predicted octanol–water partition coefficient (Wildman–Crippen LogP) is 4.95. The molecule has 0 aliphatic rings. The molecule has 1 N–H and O–H groups in total. The van der Waals surface area contributed by atoms with E-state index in [1.54, 1.807) is 16.7 Å². The summed E-state index contributed by atoms with van der Waals surface area (Å²) < 4.78 is 0. The van der Waals surface area contributed by atoms with Crippen LogP contribution in [-0.4, -0.2) is 34.6 Å². The quantitative estimate of drug-likeness (QED) is 0.517. The minimum Gasteiger partial charge on any atom is -0.352 e. The number of benzene rings is 2. The summed E-state index contributed by atoms with van der Waals surface area (Å²) in [6.07, 6.45) is 1.02. The molecule has 0 heterocycles. The molecule has 0 aliphatic carbocycles. The van der Waals surface area contributed by atoms with Crippen molar-refractivity contribution >= 4 is 23.6 Å². The van der Waals surface area contributed by atoms with Crippen LogP contribution in [0.4, 0.5) is 0 Å². The van der Waals surface area contributed by atoms with Gasteiger partial charge in [-0.3, -0.25) is 9.59 Å². The summed E-state index contributed by atoms with van der Waals surface area (Å²) in [6, 6.07) is 18.0. The highest BCUT2D eigenvalue weighted by Gasteiger charge is 2.28. The van der Waals surface area contributed by atoms with Gasteiger partial charge in [0.25, 0.3) is 0 Å². The summed E-state index contributed by atoms with van der Waals surface area (Å²) in [5.74, 6) is 1.57. The molecule has 0 fully saturated rings. The Hall–Kier alpha value is -2.27. The molecule has 0 saturated carbocycles. The smallest absolute Gasteiger partial charge is 0.243 e. The lowest BCUT2D eigenvalue weighted by Crippen LogP contribution is -2.50. The van der Waals surface area contributed by atoms with E-state index in [-0.39, 0.29) is 17.9 Å². The summed E-state index contributed by atoms with van der Waals surface area (Å²) >= 11 is 1.75. The molecular weight excluding hydrogens is 392 g/mol. The third kappa shape index (κ3) is 7.86. The minimum absolute atomic E-state index is 0.0304. The molecule has 5 heteroatoms. The number of hydrogen-bond acceptors (Lipinski definition) is 3. The van der Waals surface area contributed by atoms with Crippen LogP contribution in [0.5, 0.6) is 0 Å². The average Bonchev–Trinajstić information content (AvgIpc) is 2.71. The first kappa shape index (κ1) is 24.0. The highest BCUT2D eigenvalue weighted by Crippen LogP contribution is 2.18. The van der Waals surface area contributed by atoms with Crippen molar-refractivity contribution in [3.05, 3.63) is 71.3 Å². The summed E-state index contributed by atoms with van der Waals surface area (Å²) in [6.45, 7) is 8.34. The third-order valence-corrected chi connectivity index (χ3v) is 5.85. The van der Waals surface area contributed by atoms with Crippen LogP contribution in [0.3, 0.4) is 0 Å². The first-order valence-electron chi connectivity index (χ1n) is 10.7. The molecule has 0 aliphatic heterocycles. The van der Waals surface area contributed by atoms with E-state index in [4.69, 9.17) is 0 Å². The lowest BCUT2D eigenvalue weighted by atomic mass is 10.1. The van der Waals surface area contributed by atoms with Crippen LogP contribution in [0.25, 0.3) is 0 Å². The van der Waals surface area contributed by atoms with Crippen molar-refractivity contribution < 1.29 is 9.59 Å². The van der Waals surface area contributed by atoms with Gasteiger partial charge in [-0.15, -0.1) is 0 Å². The summed E-state index contributed by atoms with van der Waals surface area (Å²) in [5, 5.41) is 2.98. The van der Waals surface area contributed by atoms with E-state index >= 15 is 0 Å². The SMILES string of the molecule is CCC(C(=O)NC(C)C)N(Cc1cccc(C)c1)C(=O)CCSCc1ccccc1. The normalized spacial score (nSPS) is 11.9. The van der Waals surface area contributed by atoms with Crippen LogP contribution in [0, 0.1) is 6.92 Å². The first-order chi connectivity index (χ1) is 14.4. The van der Waals surface area contributed by atoms with Gasteiger partial charge < -0.3 is 10.2 Å². The maximum Gasteiger partial charge on any atom is 0.243 e. The van der Waals surface area contributed by atoms with Gasteiger partial charge in [-0.1, -0.05) is 67.1 Å². The zero-order valence-corrected chi connectivity index (χ0v) is 19.4. The van der Waals surface area contributed by atoms with Crippen LogP contribution in [0.1, 0.15) is 50.3 Å². The first-order valence-corrected chi connectivity index (χ1v) is 11.8.